The van der Waals surface area contributed by atoms with Gasteiger partial charge in [0.1, 0.15) is 0 Å². The van der Waals surface area contributed by atoms with Crippen LogP contribution in [0.1, 0.15) is 67.3 Å². The average molecular weight is 319 g/mol. The normalized spacial score (nSPS) is 10.3. The molecule has 2 N–H and O–H groups in total. The highest BCUT2D eigenvalue weighted by Gasteiger charge is 2.16. The molecule has 1 aromatic carbocycles. The molecule has 0 fully saturated rings. The van der Waals surface area contributed by atoms with Crippen molar-refractivity contribution in [1.82, 2.24) is 0 Å². The minimum absolute atomic E-state index is 0.0885. The molecule has 1 rings (SSSR count). The van der Waals surface area contributed by atoms with Crippen LogP contribution < -0.4 is 10.5 Å². The third kappa shape index (κ3) is 6.73. The van der Waals surface area contributed by atoms with Crippen molar-refractivity contribution in [2.75, 3.05) is 6.61 Å². The van der Waals surface area contributed by atoms with Crippen molar-refractivity contribution in [2.45, 2.75) is 58.3 Å². The number of hydrogen-bond donors (Lipinski definition) is 1. The van der Waals surface area contributed by atoms with E-state index in [2.05, 4.69) is 5.92 Å². The van der Waals surface area contributed by atoms with E-state index >= 15 is 0 Å². The molecule has 0 radical (unpaired) electrons. The number of benzene rings is 1. The Morgan fingerprint density at radius 3 is 2.39 bits per heavy atom. The Morgan fingerprint density at radius 2 is 1.78 bits per heavy atom. The molecule has 1 amide bonds. The molecule has 0 bridgehead atoms. The molecule has 0 spiro atoms. The van der Waals surface area contributed by atoms with Crippen LogP contribution in [-0.4, -0.2) is 12.5 Å². The summed E-state index contributed by atoms with van der Waals surface area (Å²) in [6, 6.07) is 3.19. The number of aryl methyl sites for hydroxylation is 1. The molecule has 0 heterocycles. The van der Waals surface area contributed by atoms with Crippen LogP contribution in [0.5, 0.6) is 5.75 Å². The Hall–Kier alpha value is -2.02. The van der Waals surface area contributed by atoms with E-state index in [4.69, 9.17) is 16.9 Å². The lowest BCUT2D eigenvalue weighted by Gasteiger charge is -2.10. The van der Waals surface area contributed by atoms with Gasteiger partial charge in [0.05, 0.1) is 12.2 Å². The van der Waals surface area contributed by atoms with E-state index < -0.39 is 11.7 Å². The number of carbonyl (C=O) groups is 1. The smallest absolute Gasteiger partial charge is 0.252 e. The molecule has 0 aliphatic heterocycles. The highest BCUT2D eigenvalue weighted by atomic mass is 19.1. The molecule has 0 atom stereocenters. The third-order valence-corrected chi connectivity index (χ3v) is 3.78. The van der Waals surface area contributed by atoms with Crippen molar-refractivity contribution in [3.05, 3.63) is 29.1 Å². The number of nitrogens with two attached hydrogens (primary N) is 1. The topological polar surface area (TPSA) is 52.3 Å². The van der Waals surface area contributed by atoms with Gasteiger partial charge in [-0.15, -0.1) is 12.3 Å². The van der Waals surface area contributed by atoms with Crippen molar-refractivity contribution in [3.8, 4) is 18.1 Å². The summed E-state index contributed by atoms with van der Waals surface area (Å²) >= 11 is 0. The highest BCUT2D eigenvalue weighted by Crippen LogP contribution is 2.23. The number of primary amides is 1. The molecule has 0 unspecified atom stereocenters. The molecule has 23 heavy (non-hydrogen) atoms. The van der Waals surface area contributed by atoms with E-state index in [0.29, 0.717) is 12.2 Å². The van der Waals surface area contributed by atoms with E-state index in [9.17, 15) is 9.18 Å². The van der Waals surface area contributed by atoms with Gasteiger partial charge in [-0.1, -0.05) is 38.2 Å². The lowest BCUT2D eigenvalue weighted by Crippen LogP contribution is -2.16. The fourth-order valence-electron chi connectivity index (χ4n) is 2.46. The van der Waals surface area contributed by atoms with Gasteiger partial charge in [0.25, 0.3) is 5.91 Å². The van der Waals surface area contributed by atoms with Gasteiger partial charge in [-0.2, -0.15) is 0 Å². The van der Waals surface area contributed by atoms with Gasteiger partial charge in [0, 0.05) is 6.42 Å². The van der Waals surface area contributed by atoms with E-state index in [1.807, 2.05) is 0 Å². The first kappa shape index (κ1) is 19.0. The fourth-order valence-corrected chi connectivity index (χ4v) is 2.46. The van der Waals surface area contributed by atoms with Crippen LogP contribution in [0.25, 0.3) is 0 Å². The van der Waals surface area contributed by atoms with E-state index in [-0.39, 0.29) is 11.3 Å². The Bertz CT molecular complexity index is 549. The van der Waals surface area contributed by atoms with Crippen molar-refractivity contribution in [1.29, 1.82) is 0 Å². The SMILES string of the molecule is C#CCCCCCCCCCOc1ccc(C)c(C(N)=O)c1F. The molecular formula is C19H26FNO2. The number of halogens is 1. The molecule has 4 heteroatoms. The van der Waals surface area contributed by atoms with Crippen LogP contribution in [0.2, 0.25) is 0 Å². The molecule has 0 aliphatic carbocycles. The van der Waals surface area contributed by atoms with Gasteiger partial charge in [-0.25, -0.2) is 4.39 Å². The predicted octanol–water partition coefficient (Wildman–Crippen LogP) is 4.37. The summed E-state index contributed by atoms with van der Waals surface area (Å²) in [5, 5.41) is 0. The second-order valence-electron chi connectivity index (χ2n) is 5.71. The molecule has 0 aromatic heterocycles. The lowest BCUT2D eigenvalue weighted by molar-refractivity contribution is 0.0994. The number of rotatable bonds is 11. The minimum Gasteiger partial charge on any atom is -0.490 e. The quantitative estimate of drug-likeness (QED) is 0.486. The van der Waals surface area contributed by atoms with Crippen LogP contribution in [0.3, 0.4) is 0 Å². The van der Waals surface area contributed by atoms with Crippen molar-refractivity contribution in [3.63, 3.8) is 0 Å². The number of carbonyl (C=O) groups excluding carboxylic acids is 1. The summed E-state index contributed by atoms with van der Waals surface area (Å²) in [6.07, 6.45) is 13.8. The van der Waals surface area contributed by atoms with Gasteiger partial charge in [-0.3, -0.25) is 4.79 Å². The van der Waals surface area contributed by atoms with E-state index in [0.717, 1.165) is 32.1 Å². The van der Waals surface area contributed by atoms with Crippen LogP contribution >= 0.6 is 0 Å². The summed E-state index contributed by atoms with van der Waals surface area (Å²) in [5.74, 6) is 1.31. The van der Waals surface area contributed by atoms with Gasteiger partial charge >= 0.3 is 0 Å². The predicted molar refractivity (Wildman–Crippen MR) is 90.9 cm³/mol. The third-order valence-electron chi connectivity index (χ3n) is 3.78. The maximum Gasteiger partial charge on any atom is 0.252 e. The summed E-state index contributed by atoms with van der Waals surface area (Å²) in [7, 11) is 0. The molecule has 0 saturated heterocycles. The first-order chi connectivity index (χ1) is 11.1. The zero-order chi connectivity index (χ0) is 17.1. The summed E-state index contributed by atoms with van der Waals surface area (Å²) in [4.78, 5) is 11.3. The Morgan fingerprint density at radius 1 is 1.17 bits per heavy atom. The number of ether oxygens (including phenoxy) is 1. The molecule has 0 aliphatic rings. The van der Waals surface area contributed by atoms with Crippen molar-refractivity contribution in [2.24, 2.45) is 5.73 Å². The Labute approximate surface area is 138 Å². The molecule has 1 aromatic rings. The summed E-state index contributed by atoms with van der Waals surface area (Å²) in [6.45, 7) is 2.09. The van der Waals surface area contributed by atoms with Crippen LogP contribution in [-0.2, 0) is 0 Å². The number of terminal acetylenes is 1. The number of unbranched alkanes of at least 4 members (excludes halogenated alkanes) is 7. The first-order valence-electron chi connectivity index (χ1n) is 8.23. The highest BCUT2D eigenvalue weighted by molar-refractivity contribution is 5.95. The van der Waals surface area contributed by atoms with Gasteiger partial charge < -0.3 is 10.5 Å². The Kier molecular flexibility index (Phi) is 8.82. The first-order valence-corrected chi connectivity index (χ1v) is 8.23. The zero-order valence-corrected chi connectivity index (χ0v) is 13.9. The van der Waals surface area contributed by atoms with Crippen LogP contribution in [0, 0.1) is 25.1 Å². The maximum atomic E-state index is 14.1. The van der Waals surface area contributed by atoms with Crippen molar-refractivity contribution >= 4 is 5.91 Å². The summed E-state index contributed by atoms with van der Waals surface area (Å²) < 4.78 is 19.6. The summed E-state index contributed by atoms with van der Waals surface area (Å²) in [5.41, 5.74) is 5.62. The number of hydrogen-bond acceptors (Lipinski definition) is 2. The monoisotopic (exact) mass is 319 g/mol. The largest absolute Gasteiger partial charge is 0.490 e. The zero-order valence-electron chi connectivity index (χ0n) is 13.9. The lowest BCUT2D eigenvalue weighted by atomic mass is 10.1. The van der Waals surface area contributed by atoms with Gasteiger partial charge in [0.15, 0.2) is 11.6 Å². The fraction of sp³-hybridized carbons (Fsp3) is 0.526. The van der Waals surface area contributed by atoms with E-state index in [1.54, 1.807) is 19.1 Å². The Balaban J connectivity index is 2.23. The van der Waals surface area contributed by atoms with Crippen molar-refractivity contribution < 1.29 is 13.9 Å². The second kappa shape index (κ2) is 10.7. The molecular weight excluding hydrogens is 293 g/mol. The van der Waals surface area contributed by atoms with Crippen LogP contribution in [0.15, 0.2) is 12.1 Å². The standard InChI is InChI=1S/C19H26FNO2/c1-3-4-5-6-7-8-9-10-11-14-23-16-13-12-15(2)17(18(16)20)19(21)22/h1,12-13H,4-11,14H2,2H3,(H2,21,22). The van der Waals surface area contributed by atoms with Crippen LogP contribution in [0.4, 0.5) is 4.39 Å². The number of amides is 1. The average Bonchev–Trinajstić information content (AvgIpc) is 2.51. The van der Waals surface area contributed by atoms with E-state index in [1.165, 1.54) is 19.3 Å². The molecule has 126 valence electrons. The minimum atomic E-state index is -0.768. The molecule has 0 saturated carbocycles. The van der Waals surface area contributed by atoms with Gasteiger partial charge in [0.2, 0.25) is 0 Å². The molecule has 3 nitrogen and oxygen atoms in total. The second-order valence-corrected chi connectivity index (χ2v) is 5.71. The maximum absolute atomic E-state index is 14.1. The van der Waals surface area contributed by atoms with Gasteiger partial charge in [-0.05, 0) is 31.4 Å².